The summed E-state index contributed by atoms with van der Waals surface area (Å²) in [7, 11) is -2.88. The van der Waals surface area contributed by atoms with Crippen LogP contribution in [0.15, 0.2) is 0 Å². The molecule has 2 saturated heterocycles. The molecule has 5 amide bonds. The summed E-state index contributed by atoms with van der Waals surface area (Å²) in [5.41, 5.74) is -1.43. The number of carbonyl (C=O) groups excluding carboxylic acids is 5. The first-order valence-corrected chi connectivity index (χ1v) is 19.2. The zero-order valence-corrected chi connectivity index (χ0v) is 31.3. The van der Waals surface area contributed by atoms with Gasteiger partial charge in [0.25, 0.3) is 5.91 Å². The van der Waals surface area contributed by atoms with E-state index in [1.807, 2.05) is 34.6 Å². The van der Waals surface area contributed by atoms with Crippen molar-refractivity contribution < 1.29 is 45.9 Å². The third kappa shape index (κ3) is 11.4. The average Bonchev–Trinajstić information content (AvgIpc) is 3.51. The van der Waals surface area contributed by atoms with Crippen molar-refractivity contribution in [2.24, 2.45) is 22.7 Å². The van der Waals surface area contributed by atoms with Gasteiger partial charge in [0.1, 0.15) is 12.1 Å². The number of amides is 5. The molecule has 0 aromatic carbocycles. The van der Waals surface area contributed by atoms with E-state index in [4.69, 9.17) is 0 Å². The SMILES string of the molecule is CNC(=O)C(=O)C(CCC(F)(F)F)NC(=O)[C@@H]1[C@@H](C(C)C)CCN1C(=O)[C@@H](NC(=O)N[C@H](CN1CCCS1(C)(=O)O)C(C)(C)C)C(C)(C)C. The highest BCUT2D eigenvalue weighted by Crippen LogP contribution is 2.35. The first-order chi connectivity index (χ1) is 22.1. The highest BCUT2D eigenvalue weighted by atomic mass is 32.3. The van der Waals surface area contributed by atoms with Crippen molar-refractivity contribution in [1.82, 2.24) is 30.5 Å². The first kappa shape index (κ1) is 42.4. The Kier molecular flexibility index (Phi) is 13.2. The molecule has 2 fully saturated rings. The van der Waals surface area contributed by atoms with Crippen molar-refractivity contribution in [3.05, 3.63) is 0 Å². The van der Waals surface area contributed by atoms with Gasteiger partial charge >= 0.3 is 12.2 Å². The molecule has 13 nitrogen and oxygen atoms in total. The summed E-state index contributed by atoms with van der Waals surface area (Å²) < 4.78 is 64.8. The minimum atomic E-state index is -4.65. The Morgan fingerprint density at radius 3 is 1.98 bits per heavy atom. The molecule has 1 unspecified atom stereocenters. The van der Waals surface area contributed by atoms with E-state index in [1.54, 1.807) is 20.8 Å². The van der Waals surface area contributed by atoms with Crippen LogP contribution in [0.25, 0.3) is 0 Å². The number of likely N-dealkylation sites (N-methyl/N-ethyl adjacent to an activating group) is 1. The number of hydrogen-bond donors (Lipinski definition) is 5. The number of Topliss-reactive ketones (excluding diaryl/α,β-unsaturated/α-hetero) is 1. The van der Waals surface area contributed by atoms with Crippen LogP contribution in [0, 0.1) is 22.7 Å². The van der Waals surface area contributed by atoms with Crippen LogP contribution in [0.5, 0.6) is 0 Å². The van der Waals surface area contributed by atoms with Gasteiger partial charge in [0, 0.05) is 51.2 Å². The van der Waals surface area contributed by atoms with Crippen LogP contribution < -0.4 is 21.3 Å². The molecular formula is C32H57F3N6O7S. The second-order valence-electron chi connectivity index (χ2n) is 16.0. The highest BCUT2D eigenvalue weighted by Gasteiger charge is 2.48. The van der Waals surface area contributed by atoms with Gasteiger partial charge in [-0.2, -0.15) is 17.4 Å². The maximum absolute atomic E-state index is 14.3. The fourth-order valence-corrected chi connectivity index (χ4v) is 8.50. The van der Waals surface area contributed by atoms with E-state index >= 15 is 0 Å². The molecule has 17 heteroatoms. The maximum Gasteiger partial charge on any atom is 0.389 e. The summed E-state index contributed by atoms with van der Waals surface area (Å²) in [6, 6.07) is -5.43. The number of ketones is 1. The van der Waals surface area contributed by atoms with Crippen molar-refractivity contribution in [2.75, 3.05) is 38.7 Å². The summed E-state index contributed by atoms with van der Waals surface area (Å²) in [4.78, 5) is 67.7. The average molecular weight is 727 g/mol. The molecule has 0 saturated carbocycles. The lowest BCUT2D eigenvalue weighted by Crippen LogP contribution is -2.63. The summed E-state index contributed by atoms with van der Waals surface area (Å²) in [6.45, 7) is 15.1. The van der Waals surface area contributed by atoms with Crippen LogP contribution in [-0.2, 0) is 28.7 Å². The molecule has 5 atom stereocenters. The number of rotatable bonds is 12. The molecule has 284 valence electrons. The van der Waals surface area contributed by atoms with E-state index < -0.39 is 99.0 Å². The molecule has 0 aliphatic carbocycles. The lowest BCUT2D eigenvalue weighted by Gasteiger charge is -2.46. The number of nitrogens with zero attached hydrogens (tertiary/aromatic N) is 2. The molecule has 49 heavy (non-hydrogen) atoms. The Labute approximate surface area is 288 Å². The lowest BCUT2D eigenvalue weighted by molar-refractivity contribution is -0.147. The van der Waals surface area contributed by atoms with Gasteiger partial charge in [0.05, 0.1) is 6.04 Å². The fourth-order valence-electron chi connectivity index (χ4n) is 6.32. The molecule has 0 bridgehead atoms. The Hall–Kier alpha value is -2.79. The Balaban J connectivity index is 2.37. The van der Waals surface area contributed by atoms with Gasteiger partial charge in [-0.05, 0) is 41.9 Å². The molecule has 2 aliphatic rings. The summed E-state index contributed by atoms with van der Waals surface area (Å²) in [5.74, 6) is -4.32. The standard InChI is InChI=1S/C32H57F3N6O7S/c1-19(2)20-13-16-41(23(20)26(43)37-21(12-14-32(33,34)35)24(42)27(44)36-9)28(45)25(31(6,7)8)39-29(46)38-22(30(3,4)5)18-40-15-11-17-49(40,10,47)48/h19-23,25H,11-18H2,1-10H3,(H,36,44)(H,37,43)(H,47,48)(H2,38,39,46)/t20-,21?,22-,23+,25-/m1/s1. The molecule has 5 N–H and O–H groups in total. The predicted octanol–water partition coefficient (Wildman–Crippen LogP) is 2.67. The monoisotopic (exact) mass is 726 g/mol. The number of urea groups is 1. The number of likely N-dealkylation sites (tertiary alicyclic amines) is 1. The van der Waals surface area contributed by atoms with Crippen LogP contribution in [-0.4, -0.2) is 117 Å². The lowest BCUT2D eigenvalue weighted by atomic mass is 9.84. The smallest absolute Gasteiger partial charge is 0.353 e. The van der Waals surface area contributed by atoms with E-state index in [1.165, 1.54) is 15.5 Å². The van der Waals surface area contributed by atoms with Gasteiger partial charge in [-0.15, -0.1) is 9.53 Å². The maximum atomic E-state index is 14.3. The predicted molar refractivity (Wildman–Crippen MR) is 181 cm³/mol. The van der Waals surface area contributed by atoms with Gasteiger partial charge in [-0.25, -0.2) is 9.10 Å². The number of hydrogen-bond acceptors (Lipinski definition) is 6. The minimum Gasteiger partial charge on any atom is -0.353 e. The van der Waals surface area contributed by atoms with Gasteiger partial charge in [-0.3, -0.25) is 23.7 Å². The van der Waals surface area contributed by atoms with Gasteiger partial charge in [0.2, 0.25) is 17.6 Å². The minimum absolute atomic E-state index is 0.0954. The number of alkyl halides is 3. The van der Waals surface area contributed by atoms with E-state index in [0.717, 1.165) is 7.05 Å². The molecule has 0 spiro atoms. The summed E-state index contributed by atoms with van der Waals surface area (Å²) in [6.07, 6.45) is -4.71. The molecule has 2 heterocycles. The third-order valence-electron chi connectivity index (χ3n) is 9.46. The second kappa shape index (κ2) is 15.2. The molecule has 0 aromatic heterocycles. The third-order valence-corrected chi connectivity index (χ3v) is 12.3. The Bertz CT molecular complexity index is 1320. The van der Waals surface area contributed by atoms with Crippen LogP contribution >= 0.6 is 0 Å². The first-order valence-electron chi connectivity index (χ1n) is 16.7. The summed E-state index contributed by atoms with van der Waals surface area (Å²) in [5, 5.41) is 10.1. The van der Waals surface area contributed by atoms with Crippen molar-refractivity contribution >= 4 is 39.1 Å². The Morgan fingerprint density at radius 2 is 1.53 bits per heavy atom. The normalized spacial score (nSPS) is 23.9. The zero-order valence-electron chi connectivity index (χ0n) is 30.5. The van der Waals surface area contributed by atoms with Crippen molar-refractivity contribution in [2.45, 2.75) is 111 Å². The van der Waals surface area contributed by atoms with E-state index in [-0.39, 0.29) is 24.8 Å². The van der Waals surface area contributed by atoms with Crippen molar-refractivity contribution in [1.29, 1.82) is 0 Å². The fraction of sp³-hybridized carbons (Fsp3) is 0.844. The number of carbonyl (C=O) groups is 5. The van der Waals surface area contributed by atoms with Gasteiger partial charge in [0.15, 0.2) is 0 Å². The molecule has 0 aromatic rings. The van der Waals surface area contributed by atoms with Gasteiger partial charge in [-0.1, -0.05) is 55.4 Å². The van der Waals surface area contributed by atoms with Crippen LogP contribution in [0.1, 0.15) is 81.1 Å². The summed E-state index contributed by atoms with van der Waals surface area (Å²) >= 11 is 0. The van der Waals surface area contributed by atoms with E-state index in [2.05, 4.69) is 21.3 Å². The van der Waals surface area contributed by atoms with Crippen molar-refractivity contribution in [3.63, 3.8) is 0 Å². The molecular weight excluding hydrogens is 669 g/mol. The van der Waals surface area contributed by atoms with Crippen molar-refractivity contribution in [3.8, 4) is 0 Å². The number of halogens is 3. The van der Waals surface area contributed by atoms with Gasteiger partial charge < -0.3 is 26.2 Å². The van der Waals surface area contributed by atoms with E-state index in [9.17, 15) is 45.9 Å². The topological polar surface area (TPSA) is 177 Å². The van der Waals surface area contributed by atoms with Crippen LogP contribution in [0.3, 0.4) is 0 Å². The molecule has 2 aliphatic heterocycles. The largest absolute Gasteiger partial charge is 0.389 e. The zero-order chi connectivity index (χ0) is 37.9. The Morgan fingerprint density at radius 1 is 0.939 bits per heavy atom. The van der Waals surface area contributed by atoms with E-state index in [0.29, 0.717) is 19.4 Å². The molecule has 2 rings (SSSR count). The molecule has 0 radical (unpaired) electrons. The highest BCUT2D eigenvalue weighted by molar-refractivity contribution is 8.12. The quantitative estimate of drug-likeness (QED) is 0.192. The second-order valence-corrected chi connectivity index (χ2v) is 19.8. The number of nitrogens with one attached hydrogen (secondary N) is 4. The van der Waals surface area contributed by atoms with Crippen LogP contribution in [0.2, 0.25) is 0 Å². The van der Waals surface area contributed by atoms with Crippen LogP contribution in [0.4, 0.5) is 18.0 Å².